The van der Waals surface area contributed by atoms with Gasteiger partial charge >= 0.3 is 0 Å². The molecule has 5 nitrogen and oxygen atoms in total. The lowest BCUT2D eigenvalue weighted by molar-refractivity contribution is -0.122. The van der Waals surface area contributed by atoms with Crippen molar-refractivity contribution in [2.24, 2.45) is 0 Å². The highest BCUT2D eigenvalue weighted by Gasteiger charge is 2.18. The van der Waals surface area contributed by atoms with Crippen LogP contribution in [0, 0.1) is 0 Å². The summed E-state index contributed by atoms with van der Waals surface area (Å²) in [4.78, 5) is 12.4. The van der Waals surface area contributed by atoms with Gasteiger partial charge in [-0.3, -0.25) is 4.79 Å². The molecular formula is C17H17BrClNO4. The molecule has 1 atom stereocenters. The van der Waals surface area contributed by atoms with E-state index in [1.807, 2.05) is 12.1 Å². The van der Waals surface area contributed by atoms with Crippen LogP contribution in [0.15, 0.2) is 40.9 Å². The highest BCUT2D eigenvalue weighted by molar-refractivity contribution is 9.10. The zero-order valence-electron chi connectivity index (χ0n) is 13.4. The number of hydrogen-bond acceptors (Lipinski definition) is 4. The third kappa shape index (κ3) is 4.55. The molecular weight excluding hydrogens is 398 g/mol. The Labute approximate surface area is 154 Å². The summed E-state index contributed by atoms with van der Waals surface area (Å²) in [6.07, 6.45) is -0.697. The van der Waals surface area contributed by atoms with Crippen LogP contribution in [0.4, 0.5) is 5.69 Å². The monoisotopic (exact) mass is 413 g/mol. The number of ether oxygens (including phenoxy) is 3. The summed E-state index contributed by atoms with van der Waals surface area (Å²) in [5.41, 5.74) is 0.454. The van der Waals surface area contributed by atoms with E-state index < -0.39 is 6.10 Å². The topological polar surface area (TPSA) is 56.8 Å². The highest BCUT2D eigenvalue weighted by Crippen LogP contribution is 2.36. The van der Waals surface area contributed by atoms with E-state index in [1.54, 1.807) is 31.2 Å². The molecule has 0 radical (unpaired) electrons. The number of methoxy groups -OCH3 is 2. The average Bonchev–Trinajstić information content (AvgIpc) is 2.57. The van der Waals surface area contributed by atoms with E-state index in [4.69, 9.17) is 25.8 Å². The molecule has 0 aliphatic carbocycles. The van der Waals surface area contributed by atoms with Crippen molar-refractivity contribution in [3.8, 4) is 17.2 Å². The van der Waals surface area contributed by atoms with Gasteiger partial charge in [0.2, 0.25) is 0 Å². The molecule has 0 spiro atoms. The van der Waals surface area contributed by atoms with Crippen LogP contribution < -0.4 is 19.5 Å². The smallest absolute Gasteiger partial charge is 0.265 e. The van der Waals surface area contributed by atoms with E-state index >= 15 is 0 Å². The minimum atomic E-state index is -0.697. The number of carbonyl (C=O) groups excluding carboxylic acids is 1. The minimum absolute atomic E-state index is 0.319. The van der Waals surface area contributed by atoms with Gasteiger partial charge in [0.15, 0.2) is 6.10 Å². The molecule has 1 N–H and O–H groups in total. The maximum absolute atomic E-state index is 12.4. The number of rotatable bonds is 6. The molecule has 0 bridgehead atoms. The molecule has 0 fully saturated rings. The Hall–Kier alpha value is -1.92. The maximum atomic E-state index is 12.4. The van der Waals surface area contributed by atoms with Crippen LogP contribution in [0.2, 0.25) is 5.02 Å². The molecule has 7 heteroatoms. The summed E-state index contributed by atoms with van der Waals surface area (Å²) in [5, 5.41) is 3.15. The number of amides is 1. The van der Waals surface area contributed by atoms with Crippen LogP contribution in [-0.4, -0.2) is 26.2 Å². The van der Waals surface area contributed by atoms with Crippen LogP contribution in [0.1, 0.15) is 6.92 Å². The van der Waals surface area contributed by atoms with Crippen molar-refractivity contribution in [2.45, 2.75) is 13.0 Å². The number of anilines is 1. The summed E-state index contributed by atoms with van der Waals surface area (Å²) >= 11 is 9.40. The Morgan fingerprint density at radius 1 is 1.12 bits per heavy atom. The molecule has 1 amide bonds. The maximum Gasteiger partial charge on any atom is 0.265 e. The average molecular weight is 415 g/mol. The number of carbonyl (C=O) groups is 1. The molecule has 0 aliphatic rings. The molecule has 0 saturated heterocycles. The lowest BCUT2D eigenvalue weighted by Gasteiger charge is -2.17. The molecule has 2 rings (SSSR count). The second kappa shape index (κ2) is 8.26. The molecule has 0 heterocycles. The molecule has 128 valence electrons. The van der Waals surface area contributed by atoms with Crippen LogP contribution in [-0.2, 0) is 4.79 Å². The fourth-order valence-corrected chi connectivity index (χ4v) is 2.46. The van der Waals surface area contributed by atoms with Crippen LogP contribution in [0.5, 0.6) is 17.2 Å². The summed E-state index contributed by atoms with van der Waals surface area (Å²) < 4.78 is 17.0. The first kappa shape index (κ1) is 18.4. The summed E-state index contributed by atoms with van der Waals surface area (Å²) in [5.74, 6) is 1.15. The Bertz CT molecular complexity index is 721. The van der Waals surface area contributed by atoms with E-state index in [0.717, 1.165) is 4.47 Å². The number of nitrogens with one attached hydrogen (secondary N) is 1. The molecule has 2 aromatic carbocycles. The fourth-order valence-electron chi connectivity index (χ4n) is 1.96. The first-order valence-corrected chi connectivity index (χ1v) is 8.26. The first-order chi connectivity index (χ1) is 11.4. The Kier molecular flexibility index (Phi) is 6.34. The van der Waals surface area contributed by atoms with Gasteiger partial charge in [-0.2, -0.15) is 0 Å². The third-order valence-corrected chi connectivity index (χ3v) is 4.05. The van der Waals surface area contributed by atoms with Gasteiger partial charge in [0.1, 0.15) is 17.2 Å². The molecule has 0 aromatic heterocycles. The van der Waals surface area contributed by atoms with E-state index in [9.17, 15) is 4.79 Å². The standard InChI is InChI=1S/C17H17BrClNO4/c1-10(24-12-6-4-11(18)5-7-12)17(21)20-14-9-15(22-2)13(19)8-16(14)23-3/h4-10H,1-3H3,(H,20,21)/t10-/m0/s1. The zero-order valence-corrected chi connectivity index (χ0v) is 15.8. The van der Waals surface area contributed by atoms with E-state index in [0.29, 0.717) is 28.0 Å². The Balaban J connectivity index is 2.12. The Morgan fingerprint density at radius 2 is 1.75 bits per heavy atom. The summed E-state index contributed by atoms with van der Waals surface area (Å²) in [6.45, 7) is 1.66. The van der Waals surface area contributed by atoms with Crippen molar-refractivity contribution in [1.29, 1.82) is 0 Å². The number of benzene rings is 2. The van der Waals surface area contributed by atoms with Gasteiger partial charge in [-0.15, -0.1) is 0 Å². The second-order valence-corrected chi connectivity index (χ2v) is 6.21. The molecule has 0 aliphatic heterocycles. The van der Waals surface area contributed by atoms with Gasteiger partial charge in [-0.25, -0.2) is 0 Å². The molecule has 2 aromatic rings. The van der Waals surface area contributed by atoms with Crippen molar-refractivity contribution < 1.29 is 19.0 Å². The predicted molar refractivity (Wildman–Crippen MR) is 97.4 cm³/mol. The Morgan fingerprint density at radius 3 is 2.33 bits per heavy atom. The molecule has 0 unspecified atom stereocenters. The van der Waals surface area contributed by atoms with Crippen molar-refractivity contribution >= 4 is 39.1 Å². The highest BCUT2D eigenvalue weighted by atomic mass is 79.9. The predicted octanol–water partition coefficient (Wildman–Crippen LogP) is 4.53. The van der Waals surface area contributed by atoms with E-state index in [2.05, 4.69) is 21.2 Å². The van der Waals surface area contributed by atoms with Crippen molar-refractivity contribution in [3.63, 3.8) is 0 Å². The SMILES string of the molecule is COc1cc(NC(=O)[C@H](C)Oc2ccc(Br)cc2)c(OC)cc1Cl. The lowest BCUT2D eigenvalue weighted by atomic mass is 10.2. The van der Waals surface area contributed by atoms with Gasteiger partial charge < -0.3 is 19.5 Å². The minimum Gasteiger partial charge on any atom is -0.495 e. The second-order valence-electron chi connectivity index (χ2n) is 4.89. The quantitative estimate of drug-likeness (QED) is 0.755. The van der Waals surface area contributed by atoms with Gasteiger partial charge in [0.25, 0.3) is 5.91 Å². The fraction of sp³-hybridized carbons (Fsp3) is 0.235. The van der Waals surface area contributed by atoms with Gasteiger partial charge in [-0.05, 0) is 31.2 Å². The number of hydrogen-bond donors (Lipinski definition) is 1. The van der Waals surface area contributed by atoms with Crippen LogP contribution >= 0.6 is 27.5 Å². The van der Waals surface area contributed by atoms with E-state index in [-0.39, 0.29) is 5.91 Å². The first-order valence-electron chi connectivity index (χ1n) is 7.09. The summed E-state index contributed by atoms with van der Waals surface area (Å²) in [6, 6.07) is 10.4. The van der Waals surface area contributed by atoms with Crippen molar-refractivity contribution in [2.75, 3.05) is 19.5 Å². The van der Waals surface area contributed by atoms with Crippen molar-refractivity contribution in [1.82, 2.24) is 0 Å². The van der Waals surface area contributed by atoms with Crippen molar-refractivity contribution in [3.05, 3.63) is 45.9 Å². The molecule has 0 saturated carbocycles. The van der Waals surface area contributed by atoms with Crippen LogP contribution in [0.25, 0.3) is 0 Å². The van der Waals surface area contributed by atoms with Gasteiger partial charge in [0, 0.05) is 16.6 Å². The molecule has 24 heavy (non-hydrogen) atoms. The van der Waals surface area contributed by atoms with Gasteiger partial charge in [-0.1, -0.05) is 27.5 Å². The third-order valence-electron chi connectivity index (χ3n) is 3.23. The normalized spacial score (nSPS) is 11.5. The lowest BCUT2D eigenvalue weighted by Crippen LogP contribution is -2.30. The van der Waals surface area contributed by atoms with E-state index in [1.165, 1.54) is 14.2 Å². The number of halogens is 2. The zero-order chi connectivity index (χ0) is 17.7. The largest absolute Gasteiger partial charge is 0.495 e. The van der Waals surface area contributed by atoms with Crippen LogP contribution in [0.3, 0.4) is 0 Å². The summed E-state index contributed by atoms with van der Waals surface area (Å²) in [7, 11) is 2.99. The van der Waals surface area contributed by atoms with Gasteiger partial charge in [0.05, 0.1) is 24.9 Å².